The highest BCUT2D eigenvalue weighted by molar-refractivity contribution is 7.15. The lowest BCUT2D eigenvalue weighted by molar-refractivity contribution is 0.0945. The molecule has 0 aliphatic heterocycles. The van der Waals surface area contributed by atoms with Crippen molar-refractivity contribution in [3.05, 3.63) is 76.7 Å². The average molecular weight is 362 g/mol. The number of hydrogen-bond donors (Lipinski definition) is 1. The fourth-order valence-electron chi connectivity index (χ4n) is 2.78. The van der Waals surface area contributed by atoms with E-state index in [1.165, 1.54) is 16.9 Å². The van der Waals surface area contributed by atoms with E-state index in [9.17, 15) is 4.79 Å². The molecule has 130 valence electrons. The molecule has 3 heterocycles. The number of thiazole rings is 1. The predicted molar refractivity (Wildman–Crippen MR) is 103 cm³/mol. The zero-order valence-electron chi connectivity index (χ0n) is 14.6. The molecule has 26 heavy (non-hydrogen) atoms. The van der Waals surface area contributed by atoms with Gasteiger partial charge in [-0.2, -0.15) is 0 Å². The third-order valence-corrected chi connectivity index (χ3v) is 5.20. The summed E-state index contributed by atoms with van der Waals surface area (Å²) >= 11 is 1.47. The van der Waals surface area contributed by atoms with Crippen molar-refractivity contribution in [1.82, 2.24) is 19.7 Å². The zero-order chi connectivity index (χ0) is 18.1. The second-order valence-electron chi connectivity index (χ2n) is 6.25. The summed E-state index contributed by atoms with van der Waals surface area (Å²) in [7, 11) is 0. The SMILES string of the molecule is Cc1ccc(-c2cn3c(C(=O)NCc4ccncc4C)csc3n2)cc1. The van der Waals surface area contributed by atoms with Crippen LogP contribution in [0.4, 0.5) is 0 Å². The number of nitrogens with zero attached hydrogens (tertiary/aromatic N) is 3. The molecule has 0 bridgehead atoms. The summed E-state index contributed by atoms with van der Waals surface area (Å²) < 4.78 is 1.86. The number of nitrogens with one attached hydrogen (secondary N) is 1. The monoisotopic (exact) mass is 362 g/mol. The maximum atomic E-state index is 12.6. The number of amides is 1. The van der Waals surface area contributed by atoms with Crippen LogP contribution < -0.4 is 5.32 Å². The topological polar surface area (TPSA) is 59.3 Å². The molecule has 4 rings (SSSR count). The Hall–Kier alpha value is -2.99. The standard InChI is InChI=1S/C20H18N4OS/c1-13-3-5-15(6-4-13)17-11-24-18(12-26-20(24)23-17)19(25)22-10-16-7-8-21-9-14(16)2/h3-9,11-12H,10H2,1-2H3,(H,22,25). The van der Waals surface area contributed by atoms with Gasteiger partial charge in [0, 0.05) is 36.1 Å². The Bertz CT molecular complexity index is 1080. The van der Waals surface area contributed by atoms with E-state index in [-0.39, 0.29) is 5.91 Å². The van der Waals surface area contributed by atoms with Crippen LogP contribution >= 0.6 is 11.3 Å². The summed E-state index contributed by atoms with van der Waals surface area (Å²) in [6.07, 6.45) is 5.46. The summed E-state index contributed by atoms with van der Waals surface area (Å²) in [4.78, 5) is 22.2. The van der Waals surface area contributed by atoms with Crippen molar-refractivity contribution in [2.24, 2.45) is 0 Å². The first kappa shape index (κ1) is 16.5. The maximum Gasteiger partial charge on any atom is 0.269 e. The molecule has 0 aliphatic rings. The van der Waals surface area contributed by atoms with Crippen molar-refractivity contribution in [2.75, 3.05) is 0 Å². The molecule has 4 aromatic rings. The fourth-order valence-corrected chi connectivity index (χ4v) is 3.63. The summed E-state index contributed by atoms with van der Waals surface area (Å²) in [5.74, 6) is -0.111. The molecule has 0 unspecified atom stereocenters. The van der Waals surface area contributed by atoms with Crippen molar-refractivity contribution in [3.8, 4) is 11.3 Å². The van der Waals surface area contributed by atoms with Gasteiger partial charge in [0.05, 0.1) is 5.69 Å². The van der Waals surface area contributed by atoms with Crippen LogP contribution in [-0.4, -0.2) is 20.3 Å². The molecule has 1 aromatic carbocycles. The van der Waals surface area contributed by atoms with Crippen LogP contribution in [0.5, 0.6) is 0 Å². The first-order valence-electron chi connectivity index (χ1n) is 8.33. The van der Waals surface area contributed by atoms with Gasteiger partial charge in [0.15, 0.2) is 4.96 Å². The van der Waals surface area contributed by atoms with Crippen molar-refractivity contribution in [1.29, 1.82) is 0 Å². The lowest BCUT2D eigenvalue weighted by atomic mass is 10.1. The Kier molecular flexibility index (Phi) is 4.26. The highest BCUT2D eigenvalue weighted by atomic mass is 32.1. The third kappa shape index (κ3) is 3.11. The van der Waals surface area contributed by atoms with Gasteiger partial charge < -0.3 is 5.32 Å². The Morgan fingerprint density at radius 1 is 1.19 bits per heavy atom. The smallest absolute Gasteiger partial charge is 0.269 e. The average Bonchev–Trinajstić information content (AvgIpc) is 3.22. The number of aryl methyl sites for hydroxylation is 2. The molecule has 3 aromatic heterocycles. The quantitative estimate of drug-likeness (QED) is 0.597. The van der Waals surface area contributed by atoms with Gasteiger partial charge in [-0.3, -0.25) is 14.2 Å². The van der Waals surface area contributed by atoms with E-state index in [0.29, 0.717) is 12.2 Å². The van der Waals surface area contributed by atoms with Gasteiger partial charge in [-0.15, -0.1) is 11.3 Å². The van der Waals surface area contributed by atoms with Gasteiger partial charge in [0.2, 0.25) is 0 Å². The number of pyridine rings is 1. The molecule has 1 amide bonds. The Morgan fingerprint density at radius 2 is 2.00 bits per heavy atom. The Labute approximate surface area is 155 Å². The predicted octanol–water partition coefficient (Wildman–Crippen LogP) is 4.00. The van der Waals surface area contributed by atoms with Crippen LogP contribution in [-0.2, 0) is 6.54 Å². The molecule has 1 N–H and O–H groups in total. The van der Waals surface area contributed by atoms with Gasteiger partial charge in [-0.25, -0.2) is 4.98 Å². The lowest BCUT2D eigenvalue weighted by Gasteiger charge is -2.06. The second kappa shape index (κ2) is 6.72. The van der Waals surface area contributed by atoms with E-state index >= 15 is 0 Å². The van der Waals surface area contributed by atoms with Crippen LogP contribution in [0.2, 0.25) is 0 Å². The summed E-state index contributed by atoms with van der Waals surface area (Å²) in [5.41, 5.74) is 5.85. The molecule has 0 saturated heterocycles. The van der Waals surface area contributed by atoms with Crippen LogP contribution in [0.3, 0.4) is 0 Å². The minimum atomic E-state index is -0.111. The number of rotatable bonds is 4. The number of fused-ring (bicyclic) bond motifs is 1. The Balaban J connectivity index is 1.57. The van der Waals surface area contributed by atoms with E-state index in [1.807, 2.05) is 41.1 Å². The van der Waals surface area contributed by atoms with Gasteiger partial charge in [0.25, 0.3) is 5.91 Å². The number of aromatic nitrogens is 3. The highest BCUT2D eigenvalue weighted by Gasteiger charge is 2.15. The molecular weight excluding hydrogens is 344 g/mol. The van der Waals surface area contributed by atoms with Crippen LogP contribution in [0.1, 0.15) is 27.2 Å². The number of benzene rings is 1. The van der Waals surface area contributed by atoms with Crippen LogP contribution in [0.15, 0.2) is 54.3 Å². The van der Waals surface area contributed by atoms with Crippen molar-refractivity contribution < 1.29 is 4.79 Å². The summed E-state index contributed by atoms with van der Waals surface area (Å²) in [6.45, 7) is 4.52. The molecule has 0 radical (unpaired) electrons. The van der Waals surface area contributed by atoms with Crippen molar-refractivity contribution in [2.45, 2.75) is 20.4 Å². The maximum absolute atomic E-state index is 12.6. The largest absolute Gasteiger partial charge is 0.347 e. The molecule has 0 spiro atoms. The van der Waals surface area contributed by atoms with Crippen LogP contribution in [0.25, 0.3) is 16.2 Å². The number of hydrogen-bond acceptors (Lipinski definition) is 4. The number of carbonyl (C=O) groups excluding carboxylic acids is 1. The van der Waals surface area contributed by atoms with Gasteiger partial charge >= 0.3 is 0 Å². The zero-order valence-corrected chi connectivity index (χ0v) is 15.4. The summed E-state index contributed by atoms with van der Waals surface area (Å²) in [5, 5.41) is 4.83. The highest BCUT2D eigenvalue weighted by Crippen LogP contribution is 2.24. The molecule has 0 saturated carbocycles. The fraction of sp³-hybridized carbons (Fsp3) is 0.150. The van der Waals surface area contributed by atoms with Gasteiger partial charge in [-0.05, 0) is 31.0 Å². The normalized spacial score (nSPS) is 11.0. The summed E-state index contributed by atoms with van der Waals surface area (Å²) in [6, 6.07) is 10.1. The van der Waals surface area contributed by atoms with Crippen molar-refractivity contribution in [3.63, 3.8) is 0 Å². The van der Waals surface area contributed by atoms with E-state index in [4.69, 9.17) is 0 Å². The first-order chi connectivity index (χ1) is 12.6. The number of imidazole rings is 1. The van der Waals surface area contributed by atoms with E-state index < -0.39 is 0 Å². The van der Waals surface area contributed by atoms with E-state index in [1.54, 1.807) is 12.4 Å². The van der Waals surface area contributed by atoms with E-state index in [2.05, 4.69) is 34.3 Å². The Morgan fingerprint density at radius 3 is 2.77 bits per heavy atom. The molecule has 5 nitrogen and oxygen atoms in total. The minimum Gasteiger partial charge on any atom is -0.347 e. The van der Waals surface area contributed by atoms with Crippen molar-refractivity contribution >= 4 is 22.2 Å². The number of carbonyl (C=O) groups is 1. The van der Waals surface area contributed by atoms with E-state index in [0.717, 1.165) is 27.3 Å². The van der Waals surface area contributed by atoms with Gasteiger partial charge in [-0.1, -0.05) is 29.8 Å². The molecule has 0 aliphatic carbocycles. The lowest BCUT2D eigenvalue weighted by Crippen LogP contribution is -2.24. The first-order valence-corrected chi connectivity index (χ1v) is 9.21. The molecular formula is C20H18N4OS. The molecule has 6 heteroatoms. The molecule has 0 atom stereocenters. The van der Waals surface area contributed by atoms with Crippen LogP contribution in [0, 0.1) is 13.8 Å². The molecule has 0 fully saturated rings. The van der Waals surface area contributed by atoms with Gasteiger partial charge in [0.1, 0.15) is 5.69 Å². The third-order valence-electron chi connectivity index (χ3n) is 4.36. The minimum absolute atomic E-state index is 0.111. The second-order valence-corrected chi connectivity index (χ2v) is 7.09.